The number of carbonyl (C=O) groups excluding carboxylic acids is 1. The predicted molar refractivity (Wildman–Crippen MR) is 82.6 cm³/mol. The lowest BCUT2D eigenvalue weighted by atomic mass is 10.2. The summed E-state index contributed by atoms with van der Waals surface area (Å²) in [4.78, 5) is 32.4. The van der Waals surface area contributed by atoms with Crippen LogP contribution in [0.4, 0.5) is 5.69 Å². The van der Waals surface area contributed by atoms with Crippen LogP contribution in [-0.4, -0.2) is 34.9 Å². The van der Waals surface area contributed by atoms with Crippen LogP contribution in [-0.2, 0) is 0 Å². The van der Waals surface area contributed by atoms with E-state index in [0.29, 0.717) is 22.1 Å². The quantitative estimate of drug-likeness (QED) is 0.662. The molecule has 0 unspecified atom stereocenters. The van der Waals surface area contributed by atoms with Crippen molar-refractivity contribution < 1.29 is 4.79 Å². The topological polar surface area (TPSA) is 92.1 Å². The molecule has 2 rings (SSSR count). The molecule has 2 aromatic rings. The number of carbonyl (C=O) groups is 1. The highest BCUT2D eigenvalue weighted by Gasteiger charge is 2.11. The van der Waals surface area contributed by atoms with E-state index >= 15 is 0 Å². The van der Waals surface area contributed by atoms with E-state index in [0.717, 1.165) is 4.90 Å². The summed E-state index contributed by atoms with van der Waals surface area (Å²) in [5.74, 6) is -0.111. The first-order chi connectivity index (χ1) is 9.86. The monoisotopic (exact) mass is 304 g/mol. The summed E-state index contributed by atoms with van der Waals surface area (Å²) in [6.45, 7) is 1.75. The number of nitrogen functional groups attached to an aromatic ring is 1. The van der Waals surface area contributed by atoms with Gasteiger partial charge in [-0.25, -0.2) is 4.98 Å². The van der Waals surface area contributed by atoms with Gasteiger partial charge < -0.3 is 15.6 Å². The number of rotatable bonds is 3. The molecule has 0 aliphatic rings. The SMILES string of the molecule is Cc1cc(=O)[nH]c(Sc2ccc(C(=O)N(C)C)cc2N)n1. The zero-order valence-corrected chi connectivity index (χ0v) is 12.8. The van der Waals surface area contributed by atoms with Gasteiger partial charge in [0.25, 0.3) is 11.5 Å². The van der Waals surface area contributed by atoms with Gasteiger partial charge >= 0.3 is 0 Å². The van der Waals surface area contributed by atoms with E-state index in [1.165, 1.54) is 22.7 Å². The van der Waals surface area contributed by atoms with Gasteiger partial charge in [-0.1, -0.05) is 0 Å². The molecular formula is C14H16N4O2S. The van der Waals surface area contributed by atoms with Crippen molar-refractivity contribution in [2.24, 2.45) is 0 Å². The lowest BCUT2D eigenvalue weighted by Gasteiger charge is -2.12. The number of nitrogens with one attached hydrogen (secondary N) is 1. The lowest BCUT2D eigenvalue weighted by molar-refractivity contribution is 0.0827. The highest BCUT2D eigenvalue weighted by molar-refractivity contribution is 7.99. The van der Waals surface area contributed by atoms with Gasteiger partial charge in [-0.2, -0.15) is 0 Å². The number of benzene rings is 1. The van der Waals surface area contributed by atoms with Gasteiger partial charge in [0.2, 0.25) is 0 Å². The Kier molecular flexibility index (Phi) is 4.32. The van der Waals surface area contributed by atoms with Crippen LogP contribution in [0.1, 0.15) is 16.1 Å². The van der Waals surface area contributed by atoms with Crippen molar-refractivity contribution in [2.45, 2.75) is 17.0 Å². The smallest absolute Gasteiger partial charge is 0.253 e. The second kappa shape index (κ2) is 6.01. The van der Waals surface area contributed by atoms with Gasteiger partial charge in [-0.15, -0.1) is 0 Å². The summed E-state index contributed by atoms with van der Waals surface area (Å²) in [7, 11) is 3.37. The summed E-state index contributed by atoms with van der Waals surface area (Å²) in [6.07, 6.45) is 0. The van der Waals surface area contributed by atoms with E-state index in [1.54, 1.807) is 39.2 Å². The zero-order chi connectivity index (χ0) is 15.6. The molecule has 21 heavy (non-hydrogen) atoms. The number of aromatic amines is 1. The Labute approximate surface area is 126 Å². The van der Waals surface area contributed by atoms with Crippen LogP contribution in [0.5, 0.6) is 0 Å². The fourth-order valence-corrected chi connectivity index (χ4v) is 2.60. The third-order valence-electron chi connectivity index (χ3n) is 2.72. The second-order valence-corrected chi connectivity index (χ2v) is 5.78. The Bertz CT molecular complexity index is 740. The number of amides is 1. The average Bonchev–Trinajstić information content (AvgIpc) is 2.39. The minimum absolute atomic E-state index is 0.111. The lowest BCUT2D eigenvalue weighted by Crippen LogP contribution is -2.21. The molecule has 7 heteroatoms. The molecule has 0 radical (unpaired) electrons. The van der Waals surface area contributed by atoms with E-state index in [9.17, 15) is 9.59 Å². The van der Waals surface area contributed by atoms with Gasteiger partial charge in [-0.3, -0.25) is 9.59 Å². The molecule has 3 N–H and O–H groups in total. The Hall–Kier alpha value is -2.28. The normalized spacial score (nSPS) is 10.4. The fraction of sp³-hybridized carbons (Fsp3) is 0.214. The van der Waals surface area contributed by atoms with Crippen molar-refractivity contribution >= 4 is 23.4 Å². The van der Waals surface area contributed by atoms with E-state index in [1.807, 2.05) is 0 Å². The number of aryl methyl sites for hydroxylation is 1. The Morgan fingerprint density at radius 3 is 2.62 bits per heavy atom. The molecule has 0 fully saturated rings. The molecule has 0 spiro atoms. The number of hydrogen-bond acceptors (Lipinski definition) is 5. The molecule has 1 aromatic heterocycles. The standard InChI is InChI=1S/C14H16N4O2S/c1-8-6-12(19)17-14(16-8)21-11-5-4-9(7-10(11)15)13(20)18(2)3/h4-7H,15H2,1-3H3,(H,16,17,19). The highest BCUT2D eigenvalue weighted by Crippen LogP contribution is 2.30. The van der Waals surface area contributed by atoms with Crippen LogP contribution in [0.25, 0.3) is 0 Å². The molecule has 1 heterocycles. The number of nitrogens with two attached hydrogens (primary N) is 1. The maximum absolute atomic E-state index is 11.9. The van der Waals surface area contributed by atoms with Crippen LogP contribution >= 0.6 is 11.8 Å². The van der Waals surface area contributed by atoms with Crippen molar-refractivity contribution in [3.05, 3.63) is 45.9 Å². The van der Waals surface area contributed by atoms with Crippen LogP contribution in [0.3, 0.4) is 0 Å². The van der Waals surface area contributed by atoms with Gasteiger partial charge in [0.05, 0.1) is 0 Å². The summed E-state index contributed by atoms with van der Waals surface area (Å²) in [5, 5.41) is 0.471. The second-order valence-electron chi connectivity index (χ2n) is 4.75. The van der Waals surface area contributed by atoms with E-state index < -0.39 is 0 Å². The van der Waals surface area contributed by atoms with E-state index in [2.05, 4.69) is 9.97 Å². The van der Waals surface area contributed by atoms with Gasteiger partial charge in [0, 0.05) is 42.0 Å². The van der Waals surface area contributed by atoms with Crippen LogP contribution in [0, 0.1) is 6.92 Å². The van der Waals surface area contributed by atoms with Crippen molar-refractivity contribution in [3.8, 4) is 0 Å². The summed E-state index contributed by atoms with van der Waals surface area (Å²) in [6, 6.07) is 6.50. The Morgan fingerprint density at radius 2 is 2.05 bits per heavy atom. The molecule has 0 saturated carbocycles. The Morgan fingerprint density at radius 1 is 1.33 bits per heavy atom. The molecule has 6 nitrogen and oxygen atoms in total. The molecular weight excluding hydrogens is 288 g/mol. The van der Waals surface area contributed by atoms with Gasteiger partial charge in [0.15, 0.2) is 5.16 Å². The molecule has 0 bridgehead atoms. The number of H-pyrrole nitrogens is 1. The third kappa shape index (κ3) is 3.63. The summed E-state index contributed by atoms with van der Waals surface area (Å²) in [5.41, 5.74) is 7.39. The molecule has 0 aliphatic carbocycles. The van der Waals surface area contributed by atoms with E-state index in [-0.39, 0.29) is 11.5 Å². The molecule has 110 valence electrons. The molecule has 0 atom stereocenters. The zero-order valence-electron chi connectivity index (χ0n) is 12.0. The van der Waals surface area contributed by atoms with Crippen molar-refractivity contribution in [3.63, 3.8) is 0 Å². The molecule has 1 aromatic carbocycles. The third-order valence-corrected chi connectivity index (χ3v) is 3.70. The van der Waals surface area contributed by atoms with Crippen LogP contribution in [0.2, 0.25) is 0 Å². The highest BCUT2D eigenvalue weighted by atomic mass is 32.2. The first-order valence-corrected chi connectivity index (χ1v) is 7.05. The van der Waals surface area contributed by atoms with Crippen LogP contribution < -0.4 is 11.3 Å². The minimum atomic E-state index is -0.206. The maximum Gasteiger partial charge on any atom is 0.253 e. The van der Waals surface area contributed by atoms with E-state index in [4.69, 9.17) is 5.73 Å². The van der Waals surface area contributed by atoms with Gasteiger partial charge in [-0.05, 0) is 36.9 Å². The minimum Gasteiger partial charge on any atom is -0.398 e. The fourth-order valence-electron chi connectivity index (χ4n) is 1.74. The van der Waals surface area contributed by atoms with Crippen molar-refractivity contribution in [1.82, 2.24) is 14.9 Å². The van der Waals surface area contributed by atoms with Crippen LogP contribution in [0.15, 0.2) is 39.1 Å². The van der Waals surface area contributed by atoms with Gasteiger partial charge in [0.1, 0.15) is 0 Å². The first-order valence-electron chi connectivity index (χ1n) is 6.24. The number of anilines is 1. The first kappa shape index (κ1) is 15.1. The summed E-state index contributed by atoms with van der Waals surface area (Å²) >= 11 is 1.25. The van der Waals surface area contributed by atoms with Crippen molar-refractivity contribution in [1.29, 1.82) is 0 Å². The Balaban J connectivity index is 2.29. The van der Waals surface area contributed by atoms with Crippen molar-refractivity contribution in [2.75, 3.05) is 19.8 Å². The molecule has 1 amide bonds. The number of hydrogen-bond donors (Lipinski definition) is 2. The number of aromatic nitrogens is 2. The summed E-state index contributed by atoms with van der Waals surface area (Å²) < 4.78 is 0. The maximum atomic E-state index is 11.9. The predicted octanol–water partition coefficient (Wildman–Crippen LogP) is 1.51. The average molecular weight is 304 g/mol. The molecule has 0 saturated heterocycles. The number of nitrogens with zero attached hydrogens (tertiary/aromatic N) is 2. The molecule has 0 aliphatic heterocycles. The largest absolute Gasteiger partial charge is 0.398 e.